The van der Waals surface area contributed by atoms with Gasteiger partial charge in [0, 0.05) is 0 Å². The lowest BCUT2D eigenvalue weighted by atomic mass is 9.92. The summed E-state index contributed by atoms with van der Waals surface area (Å²) in [6, 6.07) is 19.6. The molecule has 0 amide bonds. The molecule has 0 radical (unpaired) electrons. The standard InChI is InChI=1S/C28H36O/c1-20(2)9-8-10-21(3)17-18-29-25-15-13-24(14-16-25)28-19-22(4)26-11-6-7-12-27(26)23(28)5/h6-7,11-16,19-21H,8-10,17-18H2,1-5H3. The Bertz CT molecular complexity index is 921. The summed E-state index contributed by atoms with van der Waals surface area (Å²) in [5, 5.41) is 2.69. The van der Waals surface area contributed by atoms with Crippen LogP contribution in [0.1, 0.15) is 57.6 Å². The molecule has 0 aromatic heterocycles. The zero-order valence-electron chi connectivity index (χ0n) is 18.8. The molecule has 3 rings (SSSR count). The summed E-state index contributed by atoms with van der Waals surface area (Å²) in [7, 11) is 0. The molecule has 0 bridgehead atoms. The van der Waals surface area contributed by atoms with Crippen LogP contribution in [0, 0.1) is 25.7 Å². The fourth-order valence-corrected chi connectivity index (χ4v) is 4.13. The lowest BCUT2D eigenvalue weighted by Crippen LogP contribution is -2.04. The summed E-state index contributed by atoms with van der Waals surface area (Å²) in [5.41, 5.74) is 5.24. The van der Waals surface area contributed by atoms with E-state index >= 15 is 0 Å². The first-order chi connectivity index (χ1) is 14.0. The molecule has 0 N–H and O–H groups in total. The number of fused-ring (bicyclic) bond motifs is 1. The Morgan fingerprint density at radius 2 is 1.48 bits per heavy atom. The van der Waals surface area contributed by atoms with Crippen LogP contribution in [0.4, 0.5) is 0 Å². The van der Waals surface area contributed by atoms with E-state index in [0.29, 0.717) is 0 Å². The van der Waals surface area contributed by atoms with Crippen LogP contribution in [-0.2, 0) is 0 Å². The molecule has 0 heterocycles. The second kappa shape index (κ2) is 9.96. The van der Waals surface area contributed by atoms with E-state index < -0.39 is 0 Å². The Morgan fingerprint density at radius 1 is 0.793 bits per heavy atom. The summed E-state index contributed by atoms with van der Waals surface area (Å²) >= 11 is 0. The van der Waals surface area contributed by atoms with Crippen molar-refractivity contribution in [2.45, 2.75) is 60.3 Å². The fourth-order valence-electron chi connectivity index (χ4n) is 4.13. The minimum atomic E-state index is 0.733. The Labute approximate surface area is 177 Å². The van der Waals surface area contributed by atoms with Gasteiger partial charge in [-0.1, -0.05) is 82.5 Å². The van der Waals surface area contributed by atoms with Crippen molar-refractivity contribution in [2.75, 3.05) is 6.61 Å². The molecule has 3 aromatic rings. The lowest BCUT2D eigenvalue weighted by Gasteiger charge is -2.14. The van der Waals surface area contributed by atoms with Crippen LogP contribution < -0.4 is 4.74 Å². The quantitative estimate of drug-likeness (QED) is 0.358. The average Bonchev–Trinajstić information content (AvgIpc) is 2.71. The van der Waals surface area contributed by atoms with E-state index in [0.717, 1.165) is 30.6 Å². The van der Waals surface area contributed by atoms with Crippen molar-refractivity contribution in [2.24, 2.45) is 11.8 Å². The van der Waals surface area contributed by atoms with E-state index in [1.165, 1.54) is 52.3 Å². The molecule has 0 saturated carbocycles. The van der Waals surface area contributed by atoms with Gasteiger partial charge in [-0.25, -0.2) is 0 Å². The minimum Gasteiger partial charge on any atom is -0.494 e. The first kappa shape index (κ1) is 21.4. The molecule has 29 heavy (non-hydrogen) atoms. The molecule has 0 aliphatic heterocycles. The van der Waals surface area contributed by atoms with Gasteiger partial charge in [-0.3, -0.25) is 0 Å². The molecular formula is C28H36O. The van der Waals surface area contributed by atoms with Gasteiger partial charge in [-0.05, 0) is 77.3 Å². The maximum atomic E-state index is 6.02. The highest BCUT2D eigenvalue weighted by Gasteiger charge is 2.09. The molecule has 0 spiro atoms. The molecule has 154 valence electrons. The summed E-state index contributed by atoms with van der Waals surface area (Å²) in [6.07, 6.45) is 5.10. The third kappa shape index (κ3) is 5.63. The maximum absolute atomic E-state index is 6.02. The third-order valence-electron chi connectivity index (χ3n) is 6.04. The highest BCUT2D eigenvalue weighted by molar-refractivity contribution is 5.94. The van der Waals surface area contributed by atoms with Crippen LogP contribution in [0.3, 0.4) is 0 Å². The van der Waals surface area contributed by atoms with Crippen LogP contribution >= 0.6 is 0 Å². The van der Waals surface area contributed by atoms with Crippen LogP contribution in [-0.4, -0.2) is 6.61 Å². The smallest absolute Gasteiger partial charge is 0.119 e. The van der Waals surface area contributed by atoms with Gasteiger partial charge >= 0.3 is 0 Å². The third-order valence-corrected chi connectivity index (χ3v) is 6.04. The SMILES string of the molecule is Cc1cc(-c2ccc(OCCC(C)CCCC(C)C)cc2)c(C)c2ccccc12. The number of hydrogen-bond donors (Lipinski definition) is 0. The monoisotopic (exact) mass is 388 g/mol. The van der Waals surface area contributed by atoms with E-state index in [9.17, 15) is 0 Å². The Hall–Kier alpha value is -2.28. The second-order valence-electron chi connectivity index (χ2n) is 9.00. The van der Waals surface area contributed by atoms with Crippen molar-refractivity contribution in [3.63, 3.8) is 0 Å². The maximum Gasteiger partial charge on any atom is 0.119 e. The van der Waals surface area contributed by atoms with Crippen LogP contribution in [0.2, 0.25) is 0 Å². The van der Waals surface area contributed by atoms with E-state index in [-0.39, 0.29) is 0 Å². The van der Waals surface area contributed by atoms with Crippen molar-refractivity contribution in [3.8, 4) is 16.9 Å². The van der Waals surface area contributed by atoms with Gasteiger partial charge in [0.05, 0.1) is 6.61 Å². The molecule has 1 unspecified atom stereocenters. The molecule has 1 atom stereocenters. The van der Waals surface area contributed by atoms with Gasteiger partial charge in [-0.2, -0.15) is 0 Å². The van der Waals surface area contributed by atoms with Crippen molar-refractivity contribution in [3.05, 3.63) is 65.7 Å². The largest absolute Gasteiger partial charge is 0.494 e. The molecule has 1 nitrogen and oxygen atoms in total. The van der Waals surface area contributed by atoms with Crippen LogP contribution in [0.15, 0.2) is 54.6 Å². The van der Waals surface area contributed by atoms with Crippen molar-refractivity contribution >= 4 is 10.8 Å². The van der Waals surface area contributed by atoms with E-state index in [4.69, 9.17) is 4.74 Å². The average molecular weight is 389 g/mol. The van der Waals surface area contributed by atoms with Crippen molar-refractivity contribution in [1.82, 2.24) is 0 Å². The second-order valence-corrected chi connectivity index (χ2v) is 9.00. The van der Waals surface area contributed by atoms with Crippen LogP contribution in [0.5, 0.6) is 5.75 Å². The summed E-state index contributed by atoms with van der Waals surface area (Å²) in [5.74, 6) is 2.52. The highest BCUT2D eigenvalue weighted by Crippen LogP contribution is 2.33. The first-order valence-corrected chi connectivity index (χ1v) is 11.2. The Balaban J connectivity index is 1.61. The van der Waals surface area contributed by atoms with Gasteiger partial charge in [0.2, 0.25) is 0 Å². The van der Waals surface area contributed by atoms with Crippen molar-refractivity contribution < 1.29 is 4.74 Å². The van der Waals surface area contributed by atoms with Gasteiger partial charge in [-0.15, -0.1) is 0 Å². The molecular weight excluding hydrogens is 352 g/mol. The van der Waals surface area contributed by atoms with Gasteiger partial charge in [0.25, 0.3) is 0 Å². The Kier molecular flexibility index (Phi) is 7.36. The van der Waals surface area contributed by atoms with E-state index in [1.54, 1.807) is 0 Å². The van der Waals surface area contributed by atoms with Crippen LogP contribution in [0.25, 0.3) is 21.9 Å². The number of aryl methyl sites for hydroxylation is 2. The molecule has 0 saturated heterocycles. The fraction of sp³-hybridized carbons (Fsp3) is 0.429. The van der Waals surface area contributed by atoms with Gasteiger partial charge < -0.3 is 4.74 Å². The number of hydrogen-bond acceptors (Lipinski definition) is 1. The zero-order valence-corrected chi connectivity index (χ0v) is 18.8. The minimum absolute atomic E-state index is 0.733. The molecule has 0 aliphatic carbocycles. The number of benzene rings is 3. The first-order valence-electron chi connectivity index (χ1n) is 11.2. The van der Waals surface area contributed by atoms with Gasteiger partial charge in [0.1, 0.15) is 5.75 Å². The summed E-state index contributed by atoms with van der Waals surface area (Å²) in [4.78, 5) is 0. The Morgan fingerprint density at radius 3 is 2.17 bits per heavy atom. The summed E-state index contributed by atoms with van der Waals surface area (Å²) in [6.45, 7) is 12.2. The topological polar surface area (TPSA) is 9.23 Å². The van der Waals surface area contributed by atoms with Gasteiger partial charge in [0.15, 0.2) is 0 Å². The normalized spacial score (nSPS) is 12.5. The lowest BCUT2D eigenvalue weighted by molar-refractivity contribution is 0.276. The predicted octanol–water partition coefficient (Wildman–Crippen LogP) is 8.35. The van der Waals surface area contributed by atoms with Crippen molar-refractivity contribution in [1.29, 1.82) is 0 Å². The zero-order chi connectivity index (χ0) is 20.8. The number of rotatable bonds is 9. The highest BCUT2D eigenvalue weighted by atomic mass is 16.5. The molecule has 0 fully saturated rings. The predicted molar refractivity (Wildman–Crippen MR) is 127 cm³/mol. The number of ether oxygens (including phenoxy) is 1. The molecule has 3 aromatic carbocycles. The molecule has 1 heteroatoms. The van der Waals surface area contributed by atoms with E-state index in [1.807, 2.05) is 0 Å². The molecule has 0 aliphatic rings. The van der Waals surface area contributed by atoms with E-state index in [2.05, 4.69) is 89.2 Å². The summed E-state index contributed by atoms with van der Waals surface area (Å²) < 4.78 is 6.02.